The summed E-state index contributed by atoms with van der Waals surface area (Å²) >= 11 is 5.42. The van der Waals surface area contributed by atoms with E-state index in [1.165, 1.54) is 6.07 Å². The summed E-state index contributed by atoms with van der Waals surface area (Å²) in [6.07, 6.45) is 0.953. The Labute approximate surface area is 111 Å². The molecule has 0 saturated heterocycles. The van der Waals surface area contributed by atoms with Gasteiger partial charge in [0.2, 0.25) is 0 Å². The molecule has 5 heteroatoms. The number of hydrogen-bond donors (Lipinski definition) is 2. The predicted molar refractivity (Wildman–Crippen MR) is 71.6 cm³/mol. The van der Waals surface area contributed by atoms with Crippen molar-refractivity contribution in [3.8, 4) is 5.75 Å². The number of hydrogen-bond acceptors (Lipinski definition) is 2. The molecule has 0 spiro atoms. The van der Waals surface area contributed by atoms with Crippen LogP contribution in [0, 0.1) is 0 Å². The first-order valence-corrected chi connectivity index (χ1v) is 6.79. The Hall–Kier alpha value is -0.300. The van der Waals surface area contributed by atoms with Crippen LogP contribution in [0.3, 0.4) is 0 Å². The molecule has 2 N–H and O–H groups in total. The lowest BCUT2D eigenvalue weighted by Gasteiger charge is -2.05. The summed E-state index contributed by atoms with van der Waals surface area (Å²) in [7, 11) is 0. The number of benzene rings is 1. The summed E-state index contributed by atoms with van der Waals surface area (Å²) in [4.78, 5) is 11.5. The number of halogens is 2. The monoisotopic (exact) mass is 383 g/mol. The van der Waals surface area contributed by atoms with Crippen LogP contribution in [0.1, 0.15) is 16.8 Å². The highest BCUT2D eigenvalue weighted by molar-refractivity contribution is 14.1. The second-order valence-corrected chi connectivity index (χ2v) is 4.90. The Kier molecular flexibility index (Phi) is 5.38. The number of carbonyl (C=O) groups excluding carboxylic acids is 1. The molecule has 0 atom stereocenters. The fraction of sp³-hybridized carbons (Fsp3) is 0.300. The second-order valence-electron chi connectivity index (χ2n) is 2.96. The van der Waals surface area contributed by atoms with Gasteiger partial charge in [-0.05, 0) is 40.5 Å². The van der Waals surface area contributed by atoms with Crippen LogP contribution in [0.5, 0.6) is 5.75 Å². The lowest BCUT2D eigenvalue weighted by atomic mass is 10.2. The zero-order chi connectivity index (χ0) is 11.3. The second kappa shape index (κ2) is 6.32. The predicted octanol–water partition coefficient (Wildman–Crippen LogP) is 2.71. The Morgan fingerprint density at radius 3 is 2.87 bits per heavy atom. The summed E-state index contributed by atoms with van der Waals surface area (Å²) in [5, 5.41) is 12.2. The lowest BCUT2D eigenvalue weighted by Crippen LogP contribution is -2.24. The van der Waals surface area contributed by atoms with Gasteiger partial charge in [-0.1, -0.05) is 22.6 Å². The molecule has 0 unspecified atom stereocenters. The number of carbonyl (C=O) groups is 1. The van der Waals surface area contributed by atoms with Crippen LogP contribution in [0.15, 0.2) is 22.7 Å². The molecular formula is C10H11BrINO2. The largest absolute Gasteiger partial charge is 0.507 e. The van der Waals surface area contributed by atoms with Crippen LogP contribution in [-0.2, 0) is 0 Å². The third-order valence-corrected chi connectivity index (χ3v) is 3.24. The van der Waals surface area contributed by atoms with Gasteiger partial charge in [0, 0.05) is 16.5 Å². The Morgan fingerprint density at radius 1 is 1.53 bits per heavy atom. The van der Waals surface area contributed by atoms with E-state index in [0.717, 1.165) is 10.8 Å². The van der Waals surface area contributed by atoms with Gasteiger partial charge in [-0.15, -0.1) is 0 Å². The average molecular weight is 384 g/mol. The number of phenolic OH excluding ortho intramolecular Hbond substituents is 1. The SMILES string of the molecule is O=C(NCCCI)c1ccc(Br)c(O)c1. The molecule has 0 bridgehead atoms. The molecule has 15 heavy (non-hydrogen) atoms. The zero-order valence-electron chi connectivity index (χ0n) is 7.96. The highest BCUT2D eigenvalue weighted by Crippen LogP contribution is 2.24. The van der Waals surface area contributed by atoms with Crippen molar-refractivity contribution < 1.29 is 9.90 Å². The van der Waals surface area contributed by atoms with E-state index in [-0.39, 0.29) is 11.7 Å². The van der Waals surface area contributed by atoms with Crippen molar-refractivity contribution in [2.75, 3.05) is 11.0 Å². The van der Waals surface area contributed by atoms with Gasteiger partial charge in [-0.25, -0.2) is 0 Å². The topological polar surface area (TPSA) is 49.3 Å². The van der Waals surface area contributed by atoms with E-state index in [1.54, 1.807) is 12.1 Å². The van der Waals surface area contributed by atoms with Crippen LogP contribution in [-0.4, -0.2) is 22.0 Å². The van der Waals surface area contributed by atoms with Crippen LogP contribution in [0.4, 0.5) is 0 Å². The van der Waals surface area contributed by atoms with Gasteiger partial charge < -0.3 is 10.4 Å². The van der Waals surface area contributed by atoms with Crippen LogP contribution >= 0.6 is 38.5 Å². The number of phenols is 1. The van der Waals surface area contributed by atoms with E-state index >= 15 is 0 Å². The quantitative estimate of drug-likeness (QED) is 0.477. The maximum Gasteiger partial charge on any atom is 0.251 e. The Balaban J connectivity index is 2.62. The molecule has 0 aliphatic heterocycles. The van der Waals surface area contributed by atoms with E-state index in [1.807, 2.05) is 0 Å². The third kappa shape index (κ3) is 3.98. The molecule has 0 fully saturated rings. The number of aromatic hydroxyl groups is 1. The van der Waals surface area contributed by atoms with Gasteiger partial charge in [-0.2, -0.15) is 0 Å². The van der Waals surface area contributed by atoms with Gasteiger partial charge in [-0.3, -0.25) is 4.79 Å². The Morgan fingerprint density at radius 2 is 2.27 bits per heavy atom. The molecule has 1 aromatic carbocycles. The number of amides is 1. The molecule has 0 aliphatic rings. The summed E-state index contributed by atoms with van der Waals surface area (Å²) in [6.45, 7) is 0.665. The standard InChI is InChI=1S/C10H11BrINO2/c11-8-3-2-7(6-9(8)14)10(15)13-5-1-4-12/h2-3,6,14H,1,4-5H2,(H,13,15). The summed E-state index contributed by atoms with van der Waals surface area (Å²) < 4.78 is 1.61. The highest BCUT2D eigenvalue weighted by atomic mass is 127. The van der Waals surface area contributed by atoms with Crippen LogP contribution in [0.2, 0.25) is 0 Å². The minimum Gasteiger partial charge on any atom is -0.507 e. The zero-order valence-corrected chi connectivity index (χ0v) is 11.7. The average Bonchev–Trinajstić information content (AvgIpc) is 2.22. The number of nitrogens with one attached hydrogen (secondary N) is 1. The van der Waals surface area contributed by atoms with Crippen molar-refractivity contribution >= 4 is 44.4 Å². The molecule has 0 saturated carbocycles. The molecule has 1 aromatic rings. The summed E-state index contributed by atoms with van der Waals surface area (Å²) in [6, 6.07) is 4.77. The Bertz CT molecular complexity index is 357. The molecule has 3 nitrogen and oxygen atoms in total. The first-order valence-electron chi connectivity index (χ1n) is 4.48. The van der Waals surface area contributed by atoms with E-state index < -0.39 is 0 Å². The first kappa shape index (κ1) is 12.8. The van der Waals surface area contributed by atoms with Crippen LogP contribution < -0.4 is 5.32 Å². The molecule has 1 amide bonds. The highest BCUT2D eigenvalue weighted by Gasteiger charge is 2.06. The number of rotatable bonds is 4. The molecular weight excluding hydrogens is 373 g/mol. The maximum atomic E-state index is 11.5. The smallest absolute Gasteiger partial charge is 0.251 e. The maximum absolute atomic E-state index is 11.5. The molecule has 0 heterocycles. The van der Waals surface area contributed by atoms with Crippen molar-refractivity contribution in [2.24, 2.45) is 0 Å². The molecule has 1 rings (SSSR count). The van der Waals surface area contributed by atoms with Gasteiger partial charge in [0.15, 0.2) is 0 Å². The fourth-order valence-electron chi connectivity index (χ4n) is 1.02. The molecule has 0 aliphatic carbocycles. The van der Waals surface area contributed by atoms with E-state index in [2.05, 4.69) is 43.8 Å². The third-order valence-electron chi connectivity index (χ3n) is 1.80. The van der Waals surface area contributed by atoms with Crippen LogP contribution in [0.25, 0.3) is 0 Å². The van der Waals surface area contributed by atoms with Crippen molar-refractivity contribution in [2.45, 2.75) is 6.42 Å². The van der Waals surface area contributed by atoms with E-state index in [9.17, 15) is 9.90 Å². The van der Waals surface area contributed by atoms with Crippen molar-refractivity contribution in [1.29, 1.82) is 0 Å². The summed E-state index contributed by atoms with van der Waals surface area (Å²) in [5.41, 5.74) is 0.476. The van der Waals surface area contributed by atoms with Crippen molar-refractivity contribution in [1.82, 2.24) is 5.32 Å². The van der Waals surface area contributed by atoms with Gasteiger partial charge in [0.1, 0.15) is 5.75 Å². The van der Waals surface area contributed by atoms with E-state index in [4.69, 9.17) is 0 Å². The number of alkyl halides is 1. The lowest BCUT2D eigenvalue weighted by molar-refractivity contribution is 0.0953. The minimum atomic E-state index is -0.150. The molecule has 0 aromatic heterocycles. The first-order chi connectivity index (χ1) is 7.15. The van der Waals surface area contributed by atoms with Gasteiger partial charge in [0.05, 0.1) is 4.47 Å². The van der Waals surface area contributed by atoms with Crippen molar-refractivity contribution in [3.63, 3.8) is 0 Å². The van der Waals surface area contributed by atoms with Gasteiger partial charge in [0.25, 0.3) is 5.91 Å². The van der Waals surface area contributed by atoms with Gasteiger partial charge >= 0.3 is 0 Å². The minimum absolute atomic E-state index is 0.0801. The normalized spacial score (nSPS) is 10.0. The molecule has 82 valence electrons. The van der Waals surface area contributed by atoms with E-state index in [0.29, 0.717) is 16.6 Å². The fourth-order valence-corrected chi connectivity index (χ4v) is 1.65. The summed E-state index contributed by atoms with van der Waals surface area (Å²) in [5.74, 6) is -0.0702. The molecule has 0 radical (unpaired) electrons. The van der Waals surface area contributed by atoms with Crippen molar-refractivity contribution in [3.05, 3.63) is 28.2 Å².